The molecule has 0 aromatic rings. The number of rotatable bonds is 7. The maximum Gasteiger partial charge on any atom is 0.329 e. The molecule has 0 aliphatic heterocycles. The summed E-state index contributed by atoms with van der Waals surface area (Å²) in [4.78, 5) is 34.1. The molecule has 0 aliphatic carbocycles. The standard InChI is InChI=1S/C12H21N3O4.C4H10/c1-12(2,3)19-11(18)9(15-10(17)7-14)5-4-8(16)6-13;1-4(2)3/h6,9,13H,4-5,7,14H2,1-3H3,(H,15,17);4H,1-3H3. The highest BCUT2D eigenvalue weighted by Gasteiger charge is 2.26. The topological polar surface area (TPSA) is 122 Å². The monoisotopic (exact) mass is 329 g/mol. The van der Waals surface area contributed by atoms with Gasteiger partial charge in [-0.2, -0.15) is 0 Å². The Morgan fingerprint density at radius 2 is 1.70 bits per heavy atom. The lowest BCUT2D eigenvalue weighted by atomic mass is 10.1. The van der Waals surface area contributed by atoms with Crippen molar-refractivity contribution < 1.29 is 19.1 Å². The van der Waals surface area contributed by atoms with Gasteiger partial charge in [-0.3, -0.25) is 9.59 Å². The fourth-order valence-electron chi connectivity index (χ4n) is 1.23. The Morgan fingerprint density at radius 3 is 2.04 bits per heavy atom. The maximum atomic E-state index is 11.9. The van der Waals surface area contributed by atoms with Crippen molar-refractivity contribution in [2.24, 2.45) is 11.7 Å². The third-order valence-electron chi connectivity index (χ3n) is 2.05. The minimum absolute atomic E-state index is 0.0156. The van der Waals surface area contributed by atoms with Crippen LogP contribution in [0, 0.1) is 11.3 Å². The number of nitrogens with two attached hydrogens (primary N) is 1. The molecule has 0 saturated carbocycles. The van der Waals surface area contributed by atoms with Gasteiger partial charge in [0.15, 0.2) is 5.78 Å². The molecule has 7 heteroatoms. The average Bonchev–Trinajstić information content (AvgIpc) is 2.39. The van der Waals surface area contributed by atoms with Crippen LogP contribution >= 0.6 is 0 Å². The molecule has 7 nitrogen and oxygen atoms in total. The summed E-state index contributed by atoms with van der Waals surface area (Å²) in [7, 11) is 0. The van der Waals surface area contributed by atoms with Crippen LogP contribution < -0.4 is 11.1 Å². The van der Waals surface area contributed by atoms with Crippen LogP contribution in [-0.4, -0.2) is 42.1 Å². The SMILES string of the molecule is CC(C)(C)OC(=O)C(CCC(=O)C=N)NC(=O)CN.CC(C)C. The highest BCUT2D eigenvalue weighted by atomic mass is 16.6. The number of amides is 1. The van der Waals surface area contributed by atoms with Gasteiger partial charge in [-0.15, -0.1) is 0 Å². The van der Waals surface area contributed by atoms with Crippen molar-refractivity contribution in [3.63, 3.8) is 0 Å². The molecule has 0 fully saturated rings. The summed E-state index contributed by atoms with van der Waals surface area (Å²) in [6, 6.07) is -0.931. The molecule has 4 N–H and O–H groups in total. The first kappa shape index (κ1) is 23.5. The van der Waals surface area contributed by atoms with Gasteiger partial charge in [-0.25, -0.2) is 4.79 Å². The van der Waals surface area contributed by atoms with Crippen LogP contribution in [0.5, 0.6) is 0 Å². The predicted molar refractivity (Wildman–Crippen MR) is 90.4 cm³/mol. The van der Waals surface area contributed by atoms with Crippen LogP contribution in [0.4, 0.5) is 0 Å². The number of carbonyl (C=O) groups excluding carboxylic acids is 3. The predicted octanol–water partition coefficient (Wildman–Crippen LogP) is 1.43. The van der Waals surface area contributed by atoms with E-state index in [4.69, 9.17) is 15.9 Å². The zero-order chi connectivity index (χ0) is 18.6. The lowest BCUT2D eigenvalue weighted by Gasteiger charge is -2.24. The van der Waals surface area contributed by atoms with Gasteiger partial charge >= 0.3 is 5.97 Å². The number of nitrogens with one attached hydrogen (secondary N) is 2. The van der Waals surface area contributed by atoms with E-state index in [0.29, 0.717) is 6.21 Å². The Kier molecular flexibility index (Phi) is 12.0. The first-order chi connectivity index (χ1) is 10.4. The van der Waals surface area contributed by atoms with Gasteiger partial charge in [0.25, 0.3) is 0 Å². The minimum atomic E-state index is -0.931. The smallest absolute Gasteiger partial charge is 0.329 e. The molecule has 1 amide bonds. The third kappa shape index (κ3) is 16.4. The largest absolute Gasteiger partial charge is 0.458 e. The first-order valence-electron chi connectivity index (χ1n) is 7.68. The lowest BCUT2D eigenvalue weighted by Crippen LogP contribution is -2.46. The number of carbonyl (C=O) groups is 3. The summed E-state index contributed by atoms with van der Waals surface area (Å²) in [5.74, 6) is -0.708. The molecule has 0 radical (unpaired) electrons. The van der Waals surface area contributed by atoms with Gasteiger partial charge in [0.2, 0.25) is 5.91 Å². The zero-order valence-electron chi connectivity index (χ0n) is 15.1. The molecule has 0 spiro atoms. The van der Waals surface area contributed by atoms with Crippen molar-refractivity contribution in [3.05, 3.63) is 0 Å². The molecule has 0 heterocycles. The number of ether oxygens (including phenoxy) is 1. The zero-order valence-corrected chi connectivity index (χ0v) is 15.1. The van der Waals surface area contributed by atoms with Crippen LogP contribution in [0.15, 0.2) is 0 Å². The highest BCUT2D eigenvalue weighted by Crippen LogP contribution is 2.10. The van der Waals surface area contributed by atoms with E-state index in [-0.39, 0.29) is 19.4 Å². The fourth-order valence-corrected chi connectivity index (χ4v) is 1.23. The molecule has 0 aromatic heterocycles. The van der Waals surface area contributed by atoms with Crippen molar-refractivity contribution in [2.45, 2.75) is 66.0 Å². The van der Waals surface area contributed by atoms with Crippen molar-refractivity contribution in [3.8, 4) is 0 Å². The molecule has 23 heavy (non-hydrogen) atoms. The van der Waals surface area contributed by atoms with Gasteiger partial charge < -0.3 is 21.2 Å². The molecule has 1 unspecified atom stereocenters. The number of ketones is 1. The molecule has 0 aliphatic rings. The molecule has 0 rings (SSSR count). The molecule has 134 valence electrons. The summed E-state index contributed by atoms with van der Waals surface area (Å²) in [6.07, 6.45) is 0.740. The lowest BCUT2D eigenvalue weighted by molar-refractivity contribution is -0.158. The molecule has 1 atom stereocenters. The van der Waals surface area contributed by atoms with Crippen LogP contribution in [0.3, 0.4) is 0 Å². The summed E-state index contributed by atoms with van der Waals surface area (Å²) in [6.45, 7) is 11.4. The van der Waals surface area contributed by atoms with Crippen molar-refractivity contribution in [1.29, 1.82) is 5.41 Å². The van der Waals surface area contributed by atoms with Gasteiger partial charge in [0.1, 0.15) is 11.6 Å². The highest BCUT2D eigenvalue weighted by molar-refractivity contribution is 6.26. The second kappa shape index (κ2) is 11.8. The van der Waals surface area contributed by atoms with E-state index in [9.17, 15) is 14.4 Å². The number of esters is 1. The maximum absolute atomic E-state index is 11.9. The van der Waals surface area contributed by atoms with Gasteiger partial charge in [-0.05, 0) is 33.1 Å². The number of Topliss-reactive ketones (excluding diaryl/α,β-unsaturated/α-hetero) is 1. The van der Waals surface area contributed by atoms with Crippen LogP contribution in [-0.2, 0) is 19.1 Å². The molecular formula is C16H31N3O4. The summed E-state index contributed by atoms with van der Waals surface area (Å²) >= 11 is 0. The van der Waals surface area contributed by atoms with Crippen LogP contribution in [0.25, 0.3) is 0 Å². The Hall–Kier alpha value is -1.76. The normalized spacial score (nSPS) is 11.8. The van der Waals surface area contributed by atoms with E-state index in [1.54, 1.807) is 20.8 Å². The van der Waals surface area contributed by atoms with E-state index >= 15 is 0 Å². The van der Waals surface area contributed by atoms with E-state index < -0.39 is 29.3 Å². The van der Waals surface area contributed by atoms with Crippen LogP contribution in [0.1, 0.15) is 54.4 Å². The first-order valence-corrected chi connectivity index (χ1v) is 7.68. The van der Waals surface area contributed by atoms with Crippen molar-refractivity contribution in [1.82, 2.24) is 5.32 Å². The van der Waals surface area contributed by atoms with E-state index in [0.717, 1.165) is 5.92 Å². The van der Waals surface area contributed by atoms with E-state index in [1.165, 1.54) is 0 Å². The Balaban J connectivity index is 0. The second-order valence-corrected chi connectivity index (χ2v) is 6.74. The Bertz CT molecular complexity index is 398. The quantitative estimate of drug-likeness (QED) is 0.482. The van der Waals surface area contributed by atoms with E-state index in [2.05, 4.69) is 26.1 Å². The summed E-state index contributed by atoms with van der Waals surface area (Å²) in [5, 5.41) is 9.19. The third-order valence-corrected chi connectivity index (χ3v) is 2.05. The minimum Gasteiger partial charge on any atom is -0.458 e. The molecule has 0 bridgehead atoms. The Morgan fingerprint density at radius 1 is 1.22 bits per heavy atom. The molecule has 0 aromatic carbocycles. The average molecular weight is 329 g/mol. The van der Waals surface area contributed by atoms with Gasteiger partial charge in [-0.1, -0.05) is 20.8 Å². The second-order valence-electron chi connectivity index (χ2n) is 6.74. The van der Waals surface area contributed by atoms with Gasteiger partial charge in [0.05, 0.1) is 12.8 Å². The van der Waals surface area contributed by atoms with Crippen LogP contribution in [0.2, 0.25) is 0 Å². The summed E-state index contributed by atoms with van der Waals surface area (Å²) in [5.41, 5.74) is 4.48. The van der Waals surface area contributed by atoms with Crippen molar-refractivity contribution in [2.75, 3.05) is 6.54 Å². The Labute approximate surface area is 138 Å². The molecule has 0 saturated heterocycles. The van der Waals surface area contributed by atoms with Crippen molar-refractivity contribution >= 4 is 23.9 Å². The van der Waals surface area contributed by atoms with Gasteiger partial charge in [0, 0.05) is 6.42 Å². The number of hydrogen-bond acceptors (Lipinski definition) is 6. The van der Waals surface area contributed by atoms with E-state index in [1.807, 2.05) is 0 Å². The number of hydrogen-bond donors (Lipinski definition) is 3. The summed E-state index contributed by atoms with van der Waals surface area (Å²) < 4.78 is 5.15. The molecular weight excluding hydrogens is 298 g/mol. The fraction of sp³-hybridized carbons (Fsp3) is 0.750.